The molecule has 0 aromatic carbocycles. The first-order valence-electron chi connectivity index (χ1n) is 3.28. The third kappa shape index (κ3) is 5.50. The maximum atomic E-state index is 10.6. The molecule has 0 fully saturated rings. The highest BCUT2D eigenvalue weighted by Crippen LogP contribution is 1.96. The fourth-order valence-corrected chi connectivity index (χ4v) is 0.555. The summed E-state index contributed by atoms with van der Waals surface area (Å²) in [7, 11) is 0. The Morgan fingerprint density at radius 3 is 2.78 bits per heavy atom. The summed E-state index contributed by atoms with van der Waals surface area (Å²) in [5.74, 6) is 0.0550. The molecule has 0 aromatic rings. The molecule has 0 spiro atoms. The number of Topliss-reactive ketones (excluding diaryl/α,β-unsaturated/α-hetero) is 1. The van der Waals surface area contributed by atoms with Gasteiger partial charge in [0.25, 0.3) is 0 Å². The average Bonchev–Trinajstić information content (AvgIpc) is 1.85. The maximum absolute atomic E-state index is 10.6. The van der Waals surface area contributed by atoms with Crippen molar-refractivity contribution in [2.45, 2.75) is 26.2 Å². The Bertz CT molecular complexity index is 79.0. The summed E-state index contributed by atoms with van der Waals surface area (Å²) in [5, 5.41) is 8.26. The normalized spacial score (nSPS) is 9.56. The fourth-order valence-electron chi connectivity index (χ4n) is 0.555. The number of hydrogen-bond acceptors (Lipinski definition) is 2. The lowest BCUT2D eigenvalue weighted by Crippen LogP contribution is -2.00. The summed E-state index contributed by atoms with van der Waals surface area (Å²) >= 11 is 0. The molecule has 0 heterocycles. The second kappa shape index (κ2) is 5.76. The van der Waals surface area contributed by atoms with Crippen molar-refractivity contribution >= 4 is 5.78 Å². The largest absolute Gasteiger partial charge is 0.396 e. The number of carbonyl (C=O) groups is 1. The molecule has 0 aromatic heterocycles. The van der Waals surface area contributed by atoms with E-state index in [4.69, 9.17) is 5.11 Å². The van der Waals surface area contributed by atoms with E-state index in [0.717, 1.165) is 12.8 Å². The molecular weight excluding hydrogens is 116 g/mol. The van der Waals surface area contributed by atoms with Gasteiger partial charge in [-0.25, -0.2) is 0 Å². The highest BCUT2D eigenvalue weighted by molar-refractivity contribution is 5.86. The zero-order valence-electron chi connectivity index (χ0n) is 5.76. The Balaban J connectivity index is 3.06. The van der Waals surface area contributed by atoms with Crippen LogP contribution in [0.1, 0.15) is 26.2 Å². The molecule has 0 bridgehead atoms. The quantitative estimate of drug-likeness (QED) is 0.600. The SMILES string of the molecule is CCCCC(=O)[CH]CO. The third-order valence-corrected chi connectivity index (χ3v) is 1.10. The fraction of sp³-hybridized carbons (Fsp3) is 0.714. The molecule has 0 saturated carbocycles. The van der Waals surface area contributed by atoms with Crippen LogP contribution >= 0.6 is 0 Å². The van der Waals surface area contributed by atoms with E-state index in [-0.39, 0.29) is 12.4 Å². The zero-order chi connectivity index (χ0) is 7.11. The van der Waals surface area contributed by atoms with E-state index in [1.807, 2.05) is 6.92 Å². The number of carbonyl (C=O) groups excluding carboxylic acids is 1. The minimum Gasteiger partial charge on any atom is -0.396 e. The van der Waals surface area contributed by atoms with Gasteiger partial charge in [0.2, 0.25) is 0 Å². The van der Waals surface area contributed by atoms with Crippen LogP contribution in [0.2, 0.25) is 0 Å². The maximum Gasteiger partial charge on any atom is 0.139 e. The van der Waals surface area contributed by atoms with Gasteiger partial charge in [0.15, 0.2) is 0 Å². The Labute approximate surface area is 55.9 Å². The van der Waals surface area contributed by atoms with Crippen molar-refractivity contribution in [3.8, 4) is 0 Å². The summed E-state index contributed by atoms with van der Waals surface area (Å²) in [6.07, 6.45) is 3.85. The summed E-state index contributed by atoms with van der Waals surface area (Å²) in [6.45, 7) is 1.91. The first-order valence-corrected chi connectivity index (χ1v) is 3.28. The predicted octanol–water partition coefficient (Wildman–Crippen LogP) is 0.942. The lowest BCUT2D eigenvalue weighted by molar-refractivity contribution is -0.116. The van der Waals surface area contributed by atoms with Gasteiger partial charge in [-0.2, -0.15) is 0 Å². The Morgan fingerprint density at radius 2 is 2.33 bits per heavy atom. The van der Waals surface area contributed by atoms with Crippen LogP contribution in [0.4, 0.5) is 0 Å². The molecule has 0 aliphatic rings. The van der Waals surface area contributed by atoms with Crippen molar-refractivity contribution in [1.29, 1.82) is 0 Å². The van der Waals surface area contributed by atoms with Crippen molar-refractivity contribution in [2.24, 2.45) is 0 Å². The Kier molecular flexibility index (Phi) is 5.52. The molecular formula is C7H13O2. The van der Waals surface area contributed by atoms with Gasteiger partial charge in [-0.15, -0.1) is 0 Å². The van der Waals surface area contributed by atoms with E-state index in [1.165, 1.54) is 6.42 Å². The molecule has 9 heavy (non-hydrogen) atoms. The highest BCUT2D eigenvalue weighted by Gasteiger charge is 1.98. The molecule has 0 unspecified atom stereocenters. The molecule has 0 amide bonds. The minimum absolute atomic E-state index is 0.0550. The topological polar surface area (TPSA) is 37.3 Å². The molecule has 2 heteroatoms. The summed E-state index contributed by atoms with van der Waals surface area (Å²) in [4.78, 5) is 10.6. The summed E-state index contributed by atoms with van der Waals surface area (Å²) in [6, 6.07) is 0. The van der Waals surface area contributed by atoms with Gasteiger partial charge in [-0.05, 0) is 6.42 Å². The van der Waals surface area contributed by atoms with Gasteiger partial charge < -0.3 is 5.11 Å². The molecule has 2 nitrogen and oxygen atoms in total. The Hall–Kier alpha value is -0.370. The highest BCUT2D eigenvalue weighted by atomic mass is 16.3. The minimum atomic E-state index is -0.122. The molecule has 53 valence electrons. The van der Waals surface area contributed by atoms with E-state index in [0.29, 0.717) is 6.42 Å². The summed E-state index contributed by atoms with van der Waals surface area (Å²) in [5.41, 5.74) is 0. The number of hydrogen-bond donors (Lipinski definition) is 1. The summed E-state index contributed by atoms with van der Waals surface area (Å²) < 4.78 is 0. The van der Waals surface area contributed by atoms with Gasteiger partial charge >= 0.3 is 0 Å². The lowest BCUT2D eigenvalue weighted by Gasteiger charge is -1.93. The molecule has 0 aliphatic carbocycles. The number of rotatable bonds is 5. The van der Waals surface area contributed by atoms with E-state index in [1.54, 1.807) is 0 Å². The van der Waals surface area contributed by atoms with E-state index >= 15 is 0 Å². The molecule has 1 N–H and O–H groups in total. The number of ketones is 1. The Morgan fingerprint density at radius 1 is 1.67 bits per heavy atom. The van der Waals surface area contributed by atoms with Crippen molar-refractivity contribution in [1.82, 2.24) is 0 Å². The van der Waals surface area contributed by atoms with E-state index in [2.05, 4.69) is 0 Å². The second-order valence-electron chi connectivity index (χ2n) is 1.96. The van der Waals surface area contributed by atoms with Crippen LogP contribution in [0.3, 0.4) is 0 Å². The van der Waals surface area contributed by atoms with Crippen molar-refractivity contribution in [3.63, 3.8) is 0 Å². The number of aliphatic hydroxyl groups is 1. The molecule has 0 aliphatic heterocycles. The van der Waals surface area contributed by atoms with Crippen molar-refractivity contribution in [2.75, 3.05) is 6.61 Å². The van der Waals surface area contributed by atoms with Crippen LogP contribution in [0.5, 0.6) is 0 Å². The van der Waals surface area contributed by atoms with Crippen molar-refractivity contribution < 1.29 is 9.90 Å². The average molecular weight is 129 g/mol. The van der Waals surface area contributed by atoms with Crippen LogP contribution in [0.15, 0.2) is 0 Å². The van der Waals surface area contributed by atoms with Crippen molar-refractivity contribution in [3.05, 3.63) is 6.42 Å². The standard InChI is InChI=1S/C7H13O2/c1-2-3-4-7(9)5-6-8/h5,8H,2-4,6H2,1H3. The van der Waals surface area contributed by atoms with Gasteiger partial charge in [0.1, 0.15) is 5.78 Å². The van der Waals surface area contributed by atoms with Crippen LogP contribution in [-0.2, 0) is 4.79 Å². The van der Waals surface area contributed by atoms with Crippen LogP contribution in [-0.4, -0.2) is 17.5 Å². The first-order chi connectivity index (χ1) is 4.31. The molecule has 1 radical (unpaired) electrons. The van der Waals surface area contributed by atoms with E-state index in [9.17, 15) is 4.79 Å². The zero-order valence-corrected chi connectivity index (χ0v) is 5.76. The van der Waals surface area contributed by atoms with Crippen LogP contribution in [0, 0.1) is 6.42 Å². The number of aliphatic hydroxyl groups excluding tert-OH is 1. The molecule has 0 saturated heterocycles. The van der Waals surface area contributed by atoms with Gasteiger partial charge in [0, 0.05) is 6.42 Å². The van der Waals surface area contributed by atoms with Gasteiger partial charge in [0.05, 0.1) is 13.0 Å². The molecule has 0 atom stereocenters. The molecule has 0 rings (SSSR count). The number of unbranched alkanes of at least 4 members (excludes halogenated alkanes) is 1. The van der Waals surface area contributed by atoms with Crippen LogP contribution in [0.25, 0.3) is 0 Å². The first kappa shape index (κ1) is 8.63. The van der Waals surface area contributed by atoms with E-state index < -0.39 is 0 Å². The lowest BCUT2D eigenvalue weighted by atomic mass is 10.1. The van der Waals surface area contributed by atoms with Gasteiger partial charge in [-0.1, -0.05) is 13.3 Å². The second-order valence-corrected chi connectivity index (χ2v) is 1.96. The van der Waals surface area contributed by atoms with Crippen LogP contribution < -0.4 is 0 Å². The predicted molar refractivity (Wildman–Crippen MR) is 35.9 cm³/mol. The smallest absolute Gasteiger partial charge is 0.139 e. The van der Waals surface area contributed by atoms with Gasteiger partial charge in [-0.3, -0.25) is 4.79 Å². The third-order valence-electron chi connectivity index (χ3n) is 1.10. The monoisotopic (exact) mass is 129 g/mol.